The molecule has 13 rings (SSSR count). The standard InChI is InChI=1S/C71H54N2O2/c1-7-9-23-46(8-2)48-26-13-17-32-60(48)72(62-34-21-30-54-50-28-15-19-36-66(50)74-70(54)62)64-42-58(44(3)4)52-39-41-57-65(43-59(45(5)6)53-38-40-56(64)68(52)69(53)57)73(61-33-18-14-27-49(61)47-24-11-10-12-25-47)63-35-22-31-55-51-29-16-20-37-67(51)75-71(55)63/h1,8-45H,2-6H3/b23-9-,46-8+. The highest BCUT2D eigenvalue weighted by Gasteiger charge is 2.30. The Morgan fingerprint density at radius 1 is 0.440 bits per heavy atom. The van der Waals surface area contributed by atoms with Crippen LogP contribution in [0.1, 0.15) is 63.1 Å². The molecule has 0 saturated carbocycles. The van der Waals surface area contributed by atoms with Crippen molar-refractivity contribution in [3.8, 4) is 23.5 Å². The number of allylic oxidation sites excluding steroid dienone is 4. The van der Waals surface area contributed by atoms with Gasteiger partial charge in [0.25, 0.3) is 0 Å². The summed E-state index contributed by atoms with van der Waals surface area (Å²) in [4.78, 5) is 4.92. The van der Waals surface area contributed by atoms with Gasteiger partial charge in [-0.15, -0.1) is 6.42 Å². The maximum Gasteiger partial charge on any atom is 0.159 e. The Labute approximate surface area is 437 Å². The lowest BCUT2D eigenvalue weighted by Gasteiger charge is -2.33. The third-order valence-corrected chi connectivity index (χ3v) is 15.2. The second kappa shape index (κ2) is 18.3. The van der Waals surface area contributed by atoms with E-state index in [0.29, 0.717) is 0 Å². The minimum absolute atomic E-state index is 0.182. The van der Waals surface area contributed by atoms with Crippen LogP contribution in [0.4, 0.5) is 34.1 Å². The molecule has 0 fully saturated rings. The predicted molar refractivity (Wildman–Crippen MR) is 319 cm³/mol. The monoisotopic (exact) mass is 966 g/mol. The Morgan fingerprint density at radius 2 is 0.893 bits per heavy atom. The Bertz CT molecular complexity index is 4460. The van der Waals surface area contributed by atoms with Gasteiger partial charge in [0.15, 0.2) is 11.2 Å². The Morgan fingerprint density at radius 3 is 1.44 bits per heavy atom. The van der Waals surface area contributed by atoms with E-state index in [0.717, 1.165) is 111 Å². The number of hydrogen-bond donors (Lipinski definition) is 0. The molecule has 0 spiro atoms. The lowest BCUT2D eigenvalue weighted by molar-refractivity contribution is 0.668. The van der Waals surface area contributed by atoms with E-state index in [2.05, 4.69) is 251 Å². The number of nitrogens with zero attached hydrogens (tertiary/aromatic N) is 2. The van der Waals surface area contributed by atoms with E-state index in [1.807, 2.05) is 12.1 Å². The molecular weight excluding hydrogens is 913 g/mol. The van der Waals surface area contributed by atoms with Gasteiger partial charge in [0, 0.05) is 43.4 Å². The molecule has 360 valence electrons. The molecule has 2 heterocycles. The average molecular weight is 967 g/mol. The fourth-order valence-electron chi connectivity index (χ4n) is 11.9. The van der Waals surface area contributed by atoms with Gasteiger partial charge in [0.1, 0.15) is 11.2 Å². The fraction of sp³-hybridized carbons (Fsp3) is 0.0986. The minimum Gasteiger partial charge on any atom is -0.454 e. The van der Waals surface area contributed by atoms with Crippen LogP contribution < -0.4 is 9.80 Å². The molecule has 0 bridgehead atoms. The summed E-state index contributed by atoms with van der Waals surface area (Å²) in [5, 5.41) is 11.5. The molecule has 0 saturated heterocycles. The molecule has 0 radical (unpaired) electrons. The van der Waals surface area contributed by atoms with Crippen LogP contribution in [0.5, 0.6) is 0 Å². The van der Waals surface area contributed by atoms with Crippen LogP contribution in [0.25, 0.3) is 92.9 Å². The Balaban J connectivity index is 1.18. The van der Waals surface area contributed by atoms with Gasteiger partial charge >= 0.3 is 0 Å². The molecule has 75 heavy (non-hydrogen) atoms. The quantitative estimate of drug-likeness (QED) is 0.0735. The summed E-state index contributed by atoms with van der Waals surface area (Å²) in [7, 11) is 0. The van der Waals surface area contributed by atoms with Gasteiger partial charge in [-0.1, -0.05) is 191 Å². The number of anilines is 6. The van der Waals surface area contributed by atoms with Crippen LogP contribution in [0, 0.1) is 12.3 Å². The minimum atomic E-state index is 0.182. The van der Waals surface area contributed by atoms with E-state index in [-0.39, 0.29) is 11.8 Å². The molecule has 0 N–H and O–H groups in total. The summed E-state index contributed by atoms with van der Waals surface area (Å²) in [6.45, 7) is 11.4. The first kappa shape index (κ1) is 45.6. The largest absolute Gasteiger partial charge is 0.454 e. The highest BCUT2D eigenvalue weighted by atomic mass is 16.3. The molecule has 4 nitrogen and oxygen atoms in total. The van der Waals surface area contributed by atoms with Crippen LogP contribution in [-0.2, 0) is 0 Å². The number of terminal acetylenes is 1. The molecule has 4 heteroatoms. The molecule has 0 aliphatic rings. The van der Waals surface area contributed by atoms with Crippen molar-refractivity contribution in [1.29, 1.82) is 0 Å². The topological polar surface area (TPSA) is 32.8 Å². The zero-order valence-electron chi connectivity index (χ0n) is 42.7. The van der Waals surface area contributed by atoms with Gasteiger partial charge in [-0.25, -0.2) is 0 Å². The first-order chi connectivity index (χ1) is 36.8. The number of benzene rings is 11. The number of hydrogen-bond acceptors (Lipinski definition) is 4. The molecule has 0 aliphatic carbocycles. The van der Waals surface area contributed by atoms with Crippen molar-refractivity contribution in [3.63, 3.8) is 0 Å². The van der Waals surface area contributed by atoms with Crippen molar-refractivity contribution < 1.29 is 8.83 Å². The number of rotatable bonds is 11. The van der Waals surface area contributed by atoms with Crippen molar-refractivity contribution in [2.24, 2.45) is 0 Å². The van der Waals surface area contributed by atoms with Crippen LogP contribution in [0.15, 0.2) is 227 Å². The summed E-state index contributed by atoms with van der Waals surface area (Å²) in [6.07, 6.45) is 11.8. The molecule has 13 aromatic rings. The summed E-state index contributed by atoms with van der Waals surface area (Å²) in [5.41, 5.74) is 16.4. The van der Waals surface area contributed by atoms with Gasteiger partial charge < -0.3 is 18.6 Å². The van der Waals surface area contributed by atoms with Crippen molar-refractivity contribution >= 4 is 116 Å². The van der Waals surface area contributed by atoms with Gasteiger partial charge in [0.2, 0.25) is 0 Å². The Hall–Kier alpha value is -9.30. The maximum atomic E-state index is 6.96. The highest BCUT2D eigenvalue weighted by molar-refractivity contribution is 6.30. The number of para-hydroxylation sites is 6. The molecular formula is C71H54N2O2. The summed E-state index contributed by atoms with van der Waals surface area (Å²) >= 11 is 0. The Kier molecular flexibility index (Phi) is 11.1. The van der Waals surface area contributed by atoms with Crippen LogP contribution in [0.2, 0.25) is 0 Å². The van der Waals surface area contributed by atoms with Gasteiger partial charge in [0.05, 0.1) is 34.1 Å². The molecule has 0 atom stereocenters. The molecule has 0 aliphatic heterocycles. The third-order valence-electron chi connectivity index (χ3n) is 15.2. The lowest BCUT2D eigenvalue weighted by atomic mass is 9.83. The summed E-state index contributed by atoms with van der Waals surface area (Å²) < 4.78 is 13.9. The lowest BCUT2D eigenvalue weighted by Crippen LogP contribution is -2.14. The molecule has 0 amide bonds. The van der Waals surface area contributed by atoms with E-state index in [1.54, 1.807) is 6.08 Å². The molecule has 0 unspecified atom stereocenters. The first-order valence-corrected chi connectivity index (χ1v) is 26.0. The second-order valence-corrected chi connectivity index (χ2v) is 20.2. The zero-order valence-corrected chi connectivity index (χ0v) is 42.7. The first-order valence-electron chi connectivity index (χ1n) is 26.0. The summed E-state index contributed by atoms with van der Waals surface area (Å²) in [5.74, 6) is 3.11. The van der Waals surface area contributed by atoms with E-state index in [1.165, 1.54) is 32.7 Å². The van der Waals surface area contributed by atoms with E-state index in [9.17, 15) is 0 Å². The van der Waals surface area contributed by atoms with Crippen molar-refractivity contribution in [2.75, 3.05) is 9.80 Å². The van der Waals surface area contributed by atoms with E-state index in [4.69, 9.17) is 15.3 Å². The third kappa shape index (κ3) is 7.30. The van der Waals surface area contributed by atoms with Crippen molar-refractivity contribution in [1.82, 2.24) is 0 Å². The maximum absolute atomic E-state index is 6.96. The molecule has 11 aromatic carbocycles. The predicted octanol–water partition coefficient (Wildman–Crippen LogP) is 20.8. The second-order valence-electron chi connectivity index (χ2n) is 20.2. The summed E-state index contributed by atoms with van der Waals surface area (Å²) in [6, 6.07) is 72.5. The van der Waals surface area contributed by atoms with Crippen molar-refractivity contribution in [3.05, 3.63) is 235 Å². The fourth-order valence-corrected chi connectivity index (χ4v) is 11.9. The molecule has 2 aromatic heterocycles. The zero-order chi connectivity index (χ0) is 50.9. The number of furan rings is 2. The van der Waals surface area contributed by atoms with Gasteiger partial charge in [-0.05, 0) is 123 Å². The van der Waals surface area contributed by atoms with E-state index < -0.39 is 0 Å². The number of fused-ring (bicyclic) bond motifs is 6. The van der Waals surface area contributed by atoms with Crippen LogP contribution in [-0.4, -0.2) is 0 Å². The van der Waals surface area contributed by atoms with E-state index >= 15 is 0 Å². The smallest absolute Gasteiger partial charge is 0.159 e. The van der Waals surface area contributed by atoms with Gasteiger partial charge in [-0.3, -0.25) is 0 Å². The van der Waals surface area contributed by atoms with Gasteiger partial charge in [-0.2, -0.15) is 0 Å². The van der Waals surface area contributed by atoms with Crippen molar-refractivity contribution in [2.45, 2.75) is 46.5 Å². The SMILES string of the molecule is C#C/C=C\C(=C/C)c1ccccc1N(c1cc(C(C)C)c2ccc3c(N(c4ccccc4-c4ccccc4)c4cccc5c4oc4ccccc45)cc(C(C)C)c4ccc1c2c43)c1cccc2c1oc1ccccc12. The highest BCUT2D eigenvalue weighted by Crippen LogP contribution is 2.54. The average Bonchev–Trinajstić information content (AvgIpc) is 4.04. The van der Waals surface area contributed by atoms with Crippen LogP contribution >= 0.6 is 0 Å². The van der Waals surface area contributed by atoms with Crippen LogP contribution in [0.3, 0.4) is 0 Å². The normalized spacial score (nSPS) is 12.3.